The Balaban J connectivity index is 1.71. The van der Waals surface area contributed by atoms with Crippen molar-refractivity contribution in [1.29, 1.82) is 0 Å². The molecule has 1 aromatic heterocycles. The molecule has 0 saturated carbocycles. The Kier molecular flexibility index (Phi) is 8.93. The Hall–Kier alpha value is -3.53. The van der Waals surface area contributed by atoms with Gasteiger partial charge in [-0.25, -0.2) is 9.78 Å². The number of amides is 1. The third kappa shape index (κ3) is 6.30. The molecule has 4 aromatic rings. The normalized spacial score (nSPS) is 12.0. The maximum atomic E-state index is 12.5. The van der Waals surface area contributed by atoms with Crippen LogP contribution in [0.4, 0.5) is 22.2 Å². The Morgan fingerprint density at radius 1 is 1.11 bits per heavy atom. The standard InChI is InChI=1S/C27H25Cl2N5O3S/c1-4-23(35)30-22-14-18(34(16(2)26(36)37-3)15-17-8-6-5-7-9-17)10-12-20(22)32-33-27-31-21-13-11-19(28)24(29)25(21)38-27/h5-14,16H,4,15H2,1-3H3,(H,30,35). The Morgan fingerprint density at radius 2 is 1.87 bits per heavy atom. The van der Waals surface area contributed by atoms with Crippen molar-refractivity contribution in [3.05, 3.63) is 76.3 Å². The molecule has 0 saturated heterocycles. The van der Waals surface area contributed by atoms with E-state index in [0.29, 0.717) is 44.3 Å². The highest BCUT2D eigenvalue weighted by molar-refractivity contribution is 7.22. The number of nitrogens with zero attached hydrogens (tertiary/aromatic N) is 4. The van der Waals surface area contributed by atoms with Gasteiger partial charge in [0.15, 0.2) is 0 Å². The lowest BCUT2D eigenvalue weighted by atomic mass is 10.1. The summed E-state index contributed by atoms with van der Waals surface area (Å²) in [7, 11) is 1.36. The van der Waals surface area contributed by atoms with Gasteiger partial charge in [0.25, 0.3) is 0 Å². The lowest BCUT2D eigenvalue weighted by Crippen LogP contribution is -2.39. The predicted molar refractivity (Wildman–Crippen MR) is 153 cm³/mol. The minimum atomic E-state index is -0.582. The summed E-state index contributed by atoms with van der Waals surface area (Å²) in [5.41, 5.74) is 3.28. The number of halogens is 2. The summed E-state index contributed by atoms with van der Waals surface area (Å²) in [5, 5.41) is 12.8. The summed E-state index contributed by atoms with van der Waals surface area (Å²) >= 11 is 13.7. The van der Waals surface area contributed by atoms with Gasteiger partial charge in [0.05, 0.1) is 33.1 Å². The number of rotatable bonds is 9. The number of azo groups is 1. The number of carbonyl (C=O) groups excluding carboxylic acids is 2. The van der Waals surface area contributed by atoms with Crippen molar-refractivity contribution in [2.75, 3.05) is 17.3 Å². The second-order valence-corrected chi connectivity index (χ2v) is 10.1. The molecule has 0 aliphatic rings. The van der Waals surface area contributed by atoms with Crippen molar-refractivity contribution in [1.82, 2.24) is 4.98 Å². The zero-order valence-corrected chi connectivity index (χ0v) is 23.3. The topological polar surface area (TPSA) is 96.2 Å². The van der Waals surface area contributed by atoms with Gasteiger partial charge in [-0.15, -0.1) is 10.2 Å². The van der Waals surface area contributed by atoms with Crippen molar-refractivity contribution in [3.8, 4) is 0 Å². The highest BCUT2D eigenvalue weighted by atomic mass is 35.5. The van der Waals surface area contributed by atoms with Crippen molar-refractivity contribution in [2.24, 2.45) is 10.2 Å². The van der Waals surface area contributed by atoms with Crippen LogP contribution in [0, 0.1) is 0 Å². The van der Waals surface area contributed by atoms with E-state index in [0.717, 1.165) is 10.3 Å². The number of benzene rings is 3. The first kappa shape index (κ1) is 27.5. The quantitative estimate of drug-likeness (QED) is 0.163. The number of carbonyl (C=O) groups is 2. The number of methoxy groups -OCH3 is 1. The molecule has 0 radical (unpaired) electrons. The van der Waals surface area contributed by atoms with Crippen LogP contribution in [0.25, 0.3) is 10.2 Å². The van der Waals surface area contributed by atoms with Crippen LogP contribution in [0.3, 0.4) is 0 Å². The molecule has 0 spiro atoms. The molecule has 8 nitrogen and oxygen atoms in total. The highest BCUT2D eigenvalue weighted by Gasteiger charge is 2.24. The molecular formula is C27H25Cl2N5O3S. The molecule has 1 N–H and O–H groups in total. The van der Waals surface area contributed by atoms with Crippen molar-refractivity contribution in [2.45, 2.75) is 32.9 Å². The number of esters is 1. The summed E-state index contributed by atoms with van der Waals surface area (Å²) < 4.78 is 5.73. The van der Waals surface area contributed by atoms with Gasteiger partial charge in [-0.05, 0) is 42.8 Å². The first-order valence-electron chi connectivity index (χ1n) is 11.8. The van der Waals surface area contributed by atoms with Gasteiger partial charge in [0, 0.05) is 18.7 Å². The molecule has 0 aliphatic heterocycles. The first-order valence-corrected chi connectivity index (χ1v) is 13.4. The van der Waals surface area contributed by atoms with Crippen molar-refractivity contribution < 1.29 is 14.3 Å². The van der Waals surface area contributed by atoms with E-state index < -0.39 is 6.04 Å². The molecule has 11 heteroatoms. The van der Waals surface area contributed by atoms with Gasteiger partial charge in [0.1, 0.15) is 11.7 Å². The summed E-state index contributed by atoms with van der Waals surface area (Å²) in [5.74, 6) is -0.561. The fourth-order valence-electron chi connectivity index (χ4n) is 3.72. The third-order valence-corrected chi connectivity index (χ3v) is 7.68. The van der Waals surface area contributed by atoms with Gasteiger partial charge < -0.3 is 15.0 Å². The lowest BCUT2D eigenvalue weighted by molar-refractivity contribution is -0.141. The number of fused-ring (bicyclic) bond motifs is 1. The van der Waals surface area contributed by atoms with Crippen LogP contribution in [0.1, 0.15) is 25.8 Å². The number of ether oxygens (including phenoxy) is 1. The second-order valence-electron chi connectivity index (χ2n) is 8.32. The minimum absolute atomic E-state index is 0.185. The largest absolute Gasteiger partial charge is 0.467 e. The van der Waals surface area contributed by atoms with Crippen molar-refractivity contribution >= 4 is 78.8 Å². The molecule has 3 aromatic carbocycles. The fraction of sp³-hybridized carbons (Fsp3) is 0.222. The van der Waals surface area contributed by atoms with Gasteiger partial charge in [-0.3, -0.25) is 4.79 Å². The molecule has 38 heavy (non-hydrogen) atoms. The Morgan fingerprint density at radius 3 is 2.58 bits per heavy atom. The average Bonchev–Trinajstić information content (AvgIpc) is 3.36. The van der Waals surface area contributed by atoms with Gasteiger partial charge >= 0.3 is 5.97 Å². The second kappa shape index (κ2) is 12.3. The average molecular weight is 571 g/mol. The molecule has 0 bridgehead atoms. The zero-order chi connectivity index (χ0) is 27.2. The van der Waals surface area contributed by atoms with Crippen LogP contribution in [-0.2, 0) is 20.9 Å². The minimum Gasteiger partial charge on any atom is -0.467 e. The van der Waals surface area contributed by atoms with E-state index in [1.165, 1.54) is 18.4 Å². The SMILES string of the molecule is CCC(=O)Nc1cc(N(Cc2ccccc2)C(C)C(=O)OC)ccc1N=Nc1nc2ccc(Cl)c(Cl)c2s1. The zero-order valence-electron chi connectivity index (χ0n) is 20.9. The van der Waals surface area contributed by atoms with E-state index in [-0.39, 0.29) is 18.3 Å². The smallest absolute Gasteiger partial charge is 0.328 e. The maximum absolute atomic E-state index is 12.5. The van der Waals surface area contributed by atoms with E-state index in [9.17, 15) is 9.59 Å². The van der Waals surface area contributed by atoms with Crippen molar-refractivity contribution in [3.63, 3.8) is 0 Å². The van der Waals surface area contributed by atoms with E-state index in [4.69, 9.17) is 27.9 Å². The fourth-order valence-corrected chi connectivity index (χ4v) is 5.04. The molecule has 1 heterocycles. The molecular weight excluding hydrogens is 545 g/mol. The van der Waals surface area contributed by atoms with Crippen LogP contribution >= 0.6 is 34.5 Å². The van der Waals surface area contributed by atoms with E-state index in [1.807, 2.05) is 41.3 Å². The Bertz CT molecular complexity index is 1490. The van der Waals surface area contributed by atoms with Crippen LogP contribution < -0.4 is 10.2 Å². The first-order chi connectivity index (χ1) is 18.3. The summed E-state index contributed by atoms with van der Waals surface area (Å²) in [6, 6.07) is 18.0. The predicted octanol–water partition coefficient (Wildman–Crippen LogP) is 7.94. The van der Waals surface area contributed by atoms with Crippen LogP contribution in [-0.4, -0.2) is 30.0 Å². The molecule has 0 aliphatic carbocycles. The van der Waals surface area contributed by atoms with Gasteiger partial charge in [0.2, 0.25) is 11.0 Å². The van der Waals surface area contributed by atoms with Crippen LogP contribution in [0.15, 0.2) is 70.9 Å². The highest BCUT2D eigenvalue weighted by Crippen LogP contribution is 2.39. The molecule has 196 valence electrons. The monoisotopic (exact) mass is 569 g/mol. The van der Waals surface area contributed by atoms with Crippen LogP contribution in [0.5, 0.6) is 0 Å². The Labute approximate surface area is 234 Å². The molecule has 0 fully saturated rings. The summed E-state index contributed by atoms with van der Waals surface area (Å²) in [6.07, 6.45) is 0.282. The number of hydrogen-bond acceptors (Lipinski definition) is 8. The lowest BCUT2D eigenvalue weighted by Gasteiger charge is -2.30. The van der Waals surface area contributed by atoms with E-state index in [2.05, 4.69) is 20.5 Å². The summed E-state index contributed by atoms with van der Waals surface area (Å²) in [4.78, 5) is 31.2. The molecule has 4 rings (SSSR count). The van der Waals surface area contributed by atoms with Gasteiger partial charge in [-0.1, -0.05) is 71.8 Å². The number of aromatic nitrogens is 1. The number of hydrogen-bond donors (Lipinski definition) is 1. The maximum Gasteiger partial charge on any atom is 0.328 e. The number of nitrogens with one attached hydrogen (secondary N) is 1. The molecule has 1 unspecified atom stereocenters. The molecule has 1 atom stereocenters. The van der Waals surface area contributed by atoms with Crippen LogP contribution in [0.2, 0.25) is 10.0 Å². The number of anilines is 2. The number of thiazole rings is 1. The van der Waals surface area contributed by atoms with Gasteiger partial charge in [-0.2, -0.15) is 0 Å². The molecule has 1 amide bonds. The summed E-state index contributed by atoms with van der Waals surface area (Å²) in [6.45, 7) is 3.99. The van der Waals surface area contributed by atoms with E-state index in [1.54, 1.807) is 38.1 Å². The third-order valence-electron chi connectivity index (χ3n) is 5.79. The van der Waals surface area contributed by atoms with E-state index >= 15 is 0 Å².